The highest BCUT2D eigenvalue weighted by atomic mass is 32.2. The SMILES string of the molecule is C=CCn1c(S[C@@H](C)C(=O)c2c(C)[nH]c3ccccc23)nnc1-c1ccoc1C. The molecule has 0 saturated carbocycles. The van der Waals surface area contributed by atoms with E-state index in [0.717, 1.165) is 33.5 Å². The van der Waals surface area contributed by atoms with Crippen LogP contribution in [0.15, 0.2) is 58.8 Å². The average Bonchev–Trinajstić information content (AvgIpc) is 3.38. The van der Waals surface area contributed by atoms with Crippen molar-refractivity contribution in [3.63, 3.8) is 0 Å². The molecular formula is C22H22N4O2S. The summed E-state index contributed by atoms with van der Waals surface area (Å²) in [5, 5.41) is 10.0. The fourth-order valence-corrected chi connectivity index (χ4v) is 4.41. The molecule has 29 heavy (non-hydrogen) atoms. The number of nitrogens with one attached hydrogen (secondary N) is 1. The summed E-state index contributed by atoms with van der Waals surface area (Å²) < 4.78 is 7.37. The number of ketones is 1. The number of carbonyl (C=O) groups is 1. The first-order valence-electron chi connectivity index (χ1n) is 9.38. The summed E-state index contributed by atoms with van der Waals surface area (Å²) in [6, 6.07) is 9.74. The topological polar surface area (TPSA) is 76.7 Å². The summed E-state index contributed by atoms with van der Waals surface area (Å²) in [6.45, 7) is 10.1. The van der Waals surface area contributed by atoms with Gasteiger partial charge in [0.15, 0.2) is 16.8 Å². The summed E-state index contributed by atoms with van der Waals surface area (Å²) >= 11 is 1.41. The van der Waals surface area contributed by atoms with Crippen molar-refractivity contribution >= 4 is 28.4 Å². The van der Waals surface area contributed by atoms with Crippen LogP contribution >= 0.6 is 11.8 Å². The second kappa shape index (κ2) is 7.75. The Balaban J connectivity index is 1.66. The van der Waals surface area contributed by atoms with Gasteiger partial charge in [0.25, 0.3) is 0 Å². The van der Waals surface area contributed by atoms with E-state index in [9.17, 15) is 4.79 Å². The molecule has 0 saturated heterocycles. The third kappa shape index (κ3) is 3.42. The van der Waals surface area contributed by atoms with Gasteiger partial charge in [-0.3, -0.25) is 9.36 Å². The molecule has 0 radical (unpaired) electrons. The quantitative estimate of drug-likeness (QED) is 0.260. The Bertz CT molecular complexity index is 1200. The highest BCUT2D eigenvalue weighted by Gasteiger charge is 2.25. The molecule has 3 aromatic heterocycles. The third-order valence-electron chi connectivity index (χ3n) is 4.92. The van der Waals surface area contributed by atoms with Crippen LogP contribution in [0.1, 0.15) is 28.7 Å². The molecule has 0 bridgehead atoms. The highest BCUT2D eigenvalue weighted by Crippen LogP contribution is 2.32. The maximum absolute atomic E-state index is 13.3. The smallest absolute Gasteiger partial charge is 0.192 e. The van der Waals surface area contributed by atoms with Crippen molar-refractivity contribution in [2.24, 2.45) is 0 Å². The first-order valence-corrected chi connectivity index (χ1v) is 10.3. The lowest BCUT2D eigenvalue weighted by atomic mass is 10.1. The number of hydrogen-bond donors (Lipinski definition) is 1. The molecule has 4 aromatic rings. The van der Waals surface area contributed by atoms with E-state index in [1.807, 2.05) is 55.7 Å². The lowest BCUT2D eigenvalue weighted by molar-refractivity contribution is 0.0995. The van der Waals surface area contributed by atoms with Crippen LogP contribution in [-0.4, -0.2) is 30.8 Å². The maximum atomic E-state index is 13.3. The zero-order chi connectivity index (χ0) is 20.5. The van der Waals surface area contributed by atoms with Gasteiger partial charge < -0.3 is 9.40 Å². The van der Waals surface area contributed by atoms with E-state index in [0.29, 0.717) is 17.5 Å². The number of carbonyl (C=O) groups excluding carboxylic acids is 1. The number of benzene rings is 1. The minimum atomic E-state index is -0.320. The fraction of sp³-hybridized carbons (Fsp3) is 0.227. The van der Waals surface area contributed by atoms with E-state index in [-0.39, 0.29) is 11.0 Å². The minimum Gasteiger partial charge on any atom is -0.469 e. The highest BCUT2D eigenvalue weighted by molar-refractivity contribution is 8.00. The second-order valence-corrected chi connectivity index (χ2v) is 8.20. The van der Waals surface area contributed by atoms with Crippen molar-refractivity contribution in [1.82, 2.24) is 19.7 Å². The zero-order valence-corrected chi connectivity index (χ0v) is 17.4. The Kier molecular flexibility index (Phi) is 5.15. The van der Waals surface area contributed by atoms with Crippen LogP contribution < -0.4 is 0 Å². The molecular weight excluding hydrogens is 384 g/mol. The lowest BCUT2D eigenvalue weighted by Crippen LogP contribution is -2.15. The molecule has 1 aromatic carbocycles. The number of aryl methyl sites for hydroxylation is 2. The summed E-state index contributed by atoms with van der Waals surface area (Å²) in [6.07, 6.45) is 3.43. The number of aromatic amines is 1. The first-order chi connectivity index (χ1) is 14.0. The number of fused-ring (bicyclic) bond motifs is 1. The predicted octanol–water partition coefficient (Wildman–Crippen LogP) is 5.19. The molecule has 6 nitrogen and oxygen atoms in total. The van der Waals surface area contributed by atoms with Crippen molar-refractivity contribution < 1.29 is 9.21 Å². The normalized spacial score (nSPS) is 12.4. The van der Waals surface area contributed by atoms with Crippen LogP contribution in [0.4, 0.5) is 0 Å². The molecule has 0 amide bonds. The Morgan fingerprint density at radius 1 is 1.31 bits per heavy atom. The number of para-hydroxylation sites is 1. The number of aromatic nitrogens is 4. The number of rotatable bonds is 7. The first kappa shape index (κ1) is 19.3. The average molecular weight is 407 g/mol. The largest absolute Gasteiger partial charge is 0.469 e. The Labute approximate surface area is 173 Å². The molecule has 4 rings (SSSR count). The summed E-state index contributed by atoms with van der Waals surface area (Å²) in [5.41, 5.74) is 3.47. The summed E-state index contributed by atoms with van der Waals surface area (Å²) in [7, 11) is 0. The van der Waals surface area contributed by atoms with Crippen LogP contribution in [0.25, 0.3) is 22.3 Å². The van der Waals surface area contributed by atoms with Crippen LogP contribution in [0.3, 0.4) is 0 Å². The molecule has 0 fully saturated rings. The van der Waals surface area contributed by atoms with E-state index in [2.05, 4.69) is 21.8 Å². The van der Waals surface area contributed by atoms with Crippen LogP contribution in [-0.2, 0) is 6.54 Å². The molecule has 0 aliphatic heterocycles. The molecule has 7 heteroatoms. The minimum absolute atomic E-state index is 0.0687. The number of H-pyrrole nitrogens is 1. The van der Waals surface area contributed by atoms with Gasteiger partial charge in [-0.25, -0.2) is 0 Å². The van der Waals surface area contributed by atoms with Gasteiger partial charge in [0.05, 0.1) is 17.1 Å². The van der Waals surface area contributed by atoms with Crippen LogP contribution in [0.2, 0.25) is 0 Å². The molecule has 0 unspecified atom stereocenters. The fourth-order valence-electron chi connectivity index (χ4n) is 3.49. The lowest BCUT2D eigenvalue weighted by Gasteiger charge is -2.12. The van der Waals surface area contributed by atoms with E-state index < -0.39 is 0 Å². The standard InChI is InChI=1S/C22H22N4O2S/c1-5-11-26-21(16-10-12-28-14(16)3)24-25-22(26)29-15(4)20(27)19-13(2)23-18-9-7-6-8-17(18)19/h5-10,12,15,23H,1,11H2,2-4H3/t15-/m0/s1. The number of allylic oxidation sites excluding steroid dienone is 1. The summed E-state index contributed by atoms with van der Waals surface area (Å²) in [5.74, 6) is 1.55. The van der Waals surface area contributed by atoms with Crippen LogP contribution in [0.5, 0.6) is 0 Å². The van der Waals surface area contributed by atoms with Gasteiger partial charge in [0.1, 0.15) is 5.76 Å². The monoisotopic (exact) mass is 406 g/mol. The van der Waals surface area contributed by atoms with Gasteiger partial charge in [0.2, 0.25) is 0 Å². The molecule has 1 N–H and O–H groups in total. The number of hydrogen-bond acceptors (Lipinski definition) is 5. The molecule has 3 heterocycles. The van der Waals surface area contributed by atoms with Crippen molar-refractivity contribution in [2.75, 3.05) is 0 Å². The molecule has 1 atom stereocenters. The van der Waals surface area contributed by atoms with Crippen molar-refractivity contribution in [1.29, 1.82) is 0 Å². The van der Waals surface area contributed by atoms with Gasteiger partial charge >= 0.3 is 0 Å². The van der Waals surface area contributed by atoms with Crippen molar-refractivity contribution in [3.05, 3.63) is 66.3 Å². The second-order valence-electron chi connectivity index (χ2n) is 6.89. The van der Waals surface area contributed by atoms with Gasteiger partial charge in [-0.1, -0.05) is 36.0 Å². The van der Waals surface area contributed by atoms with E-state index in [4.69, 9.17) is 4.42 Å². The third-order valence-corrected chi connectivity index (χ3v) is 6.00. The molecule has 0 spiro atoms. The van der Waals surface area contributed by atoms with Gasteiger partial charge in [-0.05, 0) is 32.9 Å². The summed E-state index contributed by atoms with van der Waals surface area (Å²) in [4.78, 5) is 16.6. The van der Waals surface area contributed by atoms with Gasteiger partial charge in [0, 0.05) is 28.7 Å². The van der Waals surface area contributed by atoms with Gasteiger partial charge in [-0.15, -0.1) is 16.8 Å². The molecule has 148 valence electrons. The number of Topliss-reactive ketones (excluding diaryl/α,β-unsaturated/α-hetero) is 1. The molecule has 0 aliphatic carbocycles. The molecule has 0 aliphatic rings. The number of thioether (sulfide) groups is 1. The Hall–Kier alpha value is -3.06. The number of nitrogens with zero attached hydrogens (tertiary/aromatic N) is 3. The van der Waals surface area contributed by atoms with Crippen molar-refractivity contribution in [2.45, 2.75) is 37.7 Å². The Morgan fingerprint density at radius 3 is 2.83 bits per heavy atom. The van der Waals surface area contributed by atoms with Crippen molar-refractivity contribution in [3.8, 4) is 11.4 Å². The van der Waals surface area contributed by atoms with Gasteiger partial charge in [-0.2, -0.15) is 0 Å². The van der Waals surface area contributed by atoms with E-state index in [1.54, 1.807) is 12.3 Å². The predicted molar refractivity (Wildman–Crippen MR) is 115 cm³/mol. The van der Waals surface area contributed by atoms with E-state index >= 15 is 0 Å². The number of furan rings is 1. The van der Waals surface area contributed by atoms with E-state index in [1.165, 1.54) is 11.8 Å². The zero-order valence-electron chi connectivity index (χ0n) is 16.6. The Morgan fingerprint density at radius 2 is 2.10 bits per heavy atom. The van der Waals surface area contributed by atoms with Crippen LogP contribution in [0, 0.1) is 13.8 Å². The maximum Gasteiger partial charge on any atom is 0.192 e.